The average molecular weight is 305 g/mol. The van der Waals surface area contributed by atoms with E-state index in [1.165, 1.54) is 17.8 Å². The summed E-state index contributed by atoms with van der Waals surface area (Å²) in [6, 6.07) is 5.91. The van der Waals surface area contributed by atoms with E-state index in [1.807, 2.05) is 25.2 Å². The normalized spacial score (nSPS) is 14.0. The standard InChI is InChI=1S/C15H19N3O2S/c1-18(15-17-16-14(21-15)11-4-5-11)9-10-6-12(19-2)8-13(7-10)20-3/h6-8,11H,4-5,9H2,1-3H3. The van der Waals surface area contributed by atoms with Crippen molar-refractivity contribution in [3.05, 3.63) is 28.8 Å². The van der Waals surface area contributed by atoms with E-state index in [2.05, 4.69) is 15.1 Å². The molecular formula is C15H19N3O2S. The van der Waals surface area contributed by atoms with Gasteiger partial charge in [0, 0.05) is 25.6 Å². The first-order valence-electron chi connectivity index (χ1n) is 6.96. The minimum Gasteiger partial charge on any atom is -0.497 e. The van der Waals surface area contributed by atoms with Crippen LogP contribution in [0.3, 0.4) is 0 Å². The van der Waals surface area contributed by atoms with E-state index in [0.717, 1.165) is 28.7 Å². The molecule has 1 aromatic carbocycles. The van der Waals surface area contributed by atoms with E-state index >= 15 is 0 Å². The molecule has 1 fully saturated rings. The largest absolute Gasteiger partial charge is 0.497 e. The highest BCUT2D eigenvalue weighted by atomic mass is 32.1. The van der Waals surface area contributed by atoms with Crippen LogP contribution in [0.15, 0.2) is 18.2 Å². The van der Waals surface area contributed by atoms with Crippen LogP contribution in [0.25, 0.3) is 0 Å². The minimum atomic E-state index is 0.654. The molecule has 1 aromatic heterocycles. The fourth-order valence-corrected chi connectivity index (χ4v) is 3.15. The fraction of sp³-hybridized carbons (Fsp3) is 0.467. The van der Waals surface area contributed by atoms with Crippen LogP contribution in [0.5, 0.6) is 11.5 Å². The molecule has 0 radical (unpaired) electrons. The van der Waals surface area contributed by atoms with Gasteiger partial charge in [0.15, 0.2) is 0 Å². The number of anilines is 1. The van der Waals surface area contributed by atoms with Crippen molar-refractivity contribution in [3.63, 3.8) is 0 Å². The molecule has 1 aliphatic carbocycles. The van der Waals surface area contributed by atoms with Crippen LogP contribution in [0.4, 0.5) is 5.13 Å². The number of hydrogen-bond acceptors (Lipinski definition) is 6. The topological polar surface area (TPSA) is 47.5 Å². The third kappa shape index (κ3) is 3.26. The van der Waals surface area contributed by atoms with Gasteiger partial charge in [-0.15, -0.1) is 10.2 Å². The number of aromatic nitrogens is 2. The lowest BCUT2D eigenvalue weighted by molar-refractivity contribution is 0.393. The summed E-state index contributed by atoms with van der Waals surface area (Å²) in [6.45, 7) is 0.743. The first kappa shape index (κ1) is 14.1. The van der Waals surface area contributed by atoms with Crippen molar-refractivity contribution in [1.82, 2.24) is 10.2 Å². The van der Waals surface area contributed by atoms with Gasteiger partial charge in [-0.25, -0.2) is 0 Å². The maximum Gasteiger partial charge on any atom is 0.208 e. The molecule has 0 unspecified atom stereocenters. The molecule has 112 valence electrons. The second-order valence-corrected chi connectivity index (χ2v) is 6.26. The Bertz CT molecular complexity index is 603. The van der Waals surface area contributed by atoms with Gasteiger partial charge in [-0.2, -0.15) is 0 Å². The predicted octanol–water partition coefficient (Wildman–Crippen LogP) is 3.07. The SMILES string of the molecule is COc1cc(CN(C)c2nnc(C3CC3)s2)cc(OC)c1. The van der Waals surface area contributed by atoms with E-state index < -0.39 is 0 Å². The van der Waals surface area contributed by atoms with Crippen molar-refractivity contribution in [3.8, 4) is 11.5 Å². The highest BCUT2D eigenvalue weighted by molar-refractivity contribution is 7.15. The summed E-state index contributed by atoms with van der Waals surface area (Å²) < 4.78 is 10.6. The monoisotopic (exact) mass is 305 g/mol. The second-order valence-electron chi connectivity index (χ2n) is 5.27. The molecule has 0 atom stereocenters. The molecule has 1 aliphatic rings. The lowest BCUT2D eigenvalue weighted by Gasteiger charge is -2.16. The van der Waals surface area contributed by atoms with Crippen LogP contribution >= 0.6 is 11.3 Å². The molecule has 5 nitrogen and oxygen atoms in total. The molecule has 0 saturated heterocycles. The zero-order valence-corrected chi connectivity index (χ0v) is 13.3. The maximum atomic E-state index is 5.30. The summed E-state index contributed by atoms with van der Waals surface area (Å²) in [4.78, 5) is 2.11. The molecule has 2 aromatic rings. The molecule has 0 amide bonds. The summed E-state index contributed by atoms with van der Waals surface area (Å²) in [6.07, 6.45) is 2.51. The number of benzene rings is 1. The Morgan fingerprint density at radius 2 is 1.81 bits per heavy atom. The van der Waals surface area contributed by atoms with Crippen LogP contribution in [-0.2, 0) is 6.54 Å². The van der Waals surface area contributed by atoms with E-state index in [0.29, 0.717) is 5.92 Å². The van der Waals surface area contributed by atoms with Gasteiger partial charge < -0.3 is 14.4 Å². The number of nitrogens with zero attached hydrogens (tertiary/aromatic N) is 3. The quantitative estimate of drug-likeness (QED) is 0.821. The summed E-state index contributed by atoms with van der Waals surface area (Å²) in [5, 5.41) is 10.7. The first-order chi connectivity index (χ1) is 10.2. The summed E-state index contributed by atoms with van der Waals surface area (Å²) >= 11 is 1.69. The Labute approximate surface area is 128 Å². The Balaban J connectivity index is 1.74. The summed E-state index contributed by atoms with van der Waals surface area (Å²) in [5.41, 5.74) is 1.12. The van der Waals surface area contributed by atoms with Crippen molar-refractivity contribution in [1.29, 1.82) is 0 Å². The average Bonchev–Trinajstić information content (AvgIpc) is 3.23. The lowest BCUT2D eigenvalue weighted by Crippen LogP contribution is -2.16. The third-order valence-corrected chi connectivity index (χ3v) is 4.71. The second kappa shape index (κ2) is 5.89. The Kier molecular flexibility index (Phi) is 3.96. The van der Waals surface area contributed by atoms with E-state index in [9.17, 15) is 0 Å². The summed E-state index contributed by atoms with van der Waals surface area (Å²) in [7, 11) is 5.35. The Morgan fingerprint density at radius 1 is 1.14 bits per heavy atom. The van der Waals surface area contributed by atoms with Gasteiger partial charge in [-0.1, -0.05) is 11.3 Å². The lowest BCUT2D eigenvalue weighted by atomic mass is 10.2. The van der Waals surface area contributed by atoms with E-state index in [1.54, 1.807) is 25.6 Å². The van der Waals surface area contributed by atoms with Crippen molar-refractivity contribution in [2.75, 3.05) is 26.2 Å². The molecule has 0 N–H and O–H groups in total. The Hall–Kier alpha value is -1.82. The van der Waals surface area contributed by atoms with E-state index in [-0.39, 0.29) is 0 Å². The predicted molar refractivity (Wildman–Crippen MR) is 83.5 cm³/mol. The minimum absolute atomic E-state index is 0.654. The zero-order valence-electron chi connectivity index (χ0n) is 12.5. The number of hydrogen-bond donors (Lipinski definition) is 0. The van der Waals surface area contributed by atoms with Crippen LogP contribution < -0.4 is 14.4 Å². The van der Waals surface area contributed by atoms with Crippen LogP contribution in [0.2, 0.25) is 0 Å². The molecule has 1 heterocycles. The van der Waals surface area contributed by atoms with Crippen molar-refractivity contribution < 1.29 is 9.47 Å². The number of methoxy groups -OCH3 is 2. The van der Waals surface area contributed by atoms with E-state index in [4.69, 9.17) is 9.47 Å². The van der Waals surface area contributed by atoms with Gasteiger partial charge >= 0.3 is 0 Å². The molecule has 0 aliphatic heterocycles. The smallest absolute Gasteiger partial charge is 0.208 e. The van der Waals surface area contributed by atoms with Crippen molar-refractivity contribution >= 4 is 16.5 Å². The molecule has 0 spiro atoms. The highest BCUT2D eigenvalue weighted by Gasteiger charge is 2.28. The van der Waals surface area contributed by atoms with Gasteiger partial charge in [0.1, 0.15) is 16.5 Å². The van der Waals surface area contributed by atoms with Crippen molar-refractivity contribution in [2.24, 2.45) is 0 Å². The van der Waals surface area contributed by atoms with Crippen molar-refractivity contribution in [2.45, 2.75) is 25.3 Å². The molecule has 3 rings (SSSR count). The van der Waals surface area contributed by atoms with Gasteiger partial charge in [0.25, 0.3) is 0 Å². The van der Waals surface area contributed by atoms with Crippen LogP contribution in [-0.4, -0.2) is 31.5 Å². The third-order valence-electron chi connectivity index (χ3n) is 3.51. The van der Waals surface area contributed by atoms with Gasteiger partial charge in [-0.05, 0) is 30.5 Å². The fourth-order valence-electron chi connectivity index (χ4n) is 2.18. The first-order valence-corrected chi connectivity index (χ1v) is 7.77. The number of rotatable bonds is 6. The highest BCUT2D eigenvalue weighted by Crippen LogP contribution is 2.42. The summed E-state index contributed by atoms with van der Waals surface area (Å²) in [5.74, 6) is 2.25. The number of ether oxygens (including phenoxy) is 2. The molecule has 1 saturated carbocycles. The van der Waals surface area contributed by atoms with Crippen LogP contribution in [0.1, 0.15) is 29.3 Å². The maximum absolute atomic E-state index is 5.30. The van der Waals surface area contributed by atoms with Gasteiger partial charge in [0.05, 0.1) is 14.2 Å². The zero-order chi connectivity index (χ0) is 14.8. The molecule has 6 heteroatoms. The molecule has 21 heavy (non-hydrogen) atoms. The van der Waals surface area contributed by atoms with Gasteiger partial charge in [0.2, 0.25) is 5.13 Å². The van der Waals surface area contributed by atoms with Gasteiger partial charge in [-0.3, -0.25) is 0 Å². The molecule has 0 bridgehead atoms. The van der Waals surface area contributed by atoms with Crippen LogP contribution in [0, 0.1) is 0 Å². The Morgan fingerprint density at radius 3 is 2.38 bits per heavy atom. The molecular weight excluding hydrogens is 286 g/mol.